The summed E-state index contributed by atoms with van der Waals surface area (Å²) in [6.07, 6.45) is -4.38. The number of benzene rings is 2. The largest absolute Gasteiger partial charge is 0.479 e. The number of primary amides is 1. The zero-order chi connectivity index (χ0) is 26.0. The number of carboxylic acid groups (broad SMARTS) is 1. The third-order valence-corrected chi connectivity index (χ3v) is 6.98. The Morgan fingerprint density at radius 2 is 1.53 bits per heavy atom. The van der Waals surface area contributed by atoms with Gasteiger partial charge in [0.15, 0.2) is 6.10 Å². The predicted octanol–water partition coefficient (Wildman–Crippen LogP) is 0.0104. The molecule has 0 aliphatic carbocycles. The summed E-state index contributed by atoms with van der Waals surface area (Å²) in [6.45, 7) is 2.09. The molecule has 0 bridgehead atoms. The van der Waals surface area contributed by atoms with E-state index in [4.69, 9.17) is 10.5 Å². The first-order valence-electron chi connectivity index (χ1n) is 11.6. The van der Waals surface area contributed by atoms with Gasteiger partial charge < -0.3 is 30.9 Å². The lowest BCUT2D eigenvalue weighted by atomic mass is 9.71. The van der Waals surface area contributed by atoms with Crippen molar-refractivity contribution in [2.75, 3.05) is 0 Å². The Morgan fingerprint density at radius 1 is 0.972 bits per heavy atom. The Kier molecular flexibility index (Phi) is 7.23. The van der Waals surface area contributed by atoms with E-state index in [9.17, 15) is 30.0 Å². The minimum absolute atomic E-state index is 0.318. The maximum atomic E-state index is 13.0. The first kappa shape index (κ1) is 25.5. The minimum Gasteiger partial charge on any atom is -0.479 e. The van der Waals surface area contributed by atoms with Gasteiger partial charge in [-0.25, -0.2) is 13.9 Å². The molecule has 10 nitrogen and oxygen atoms in total. The quantitative estimate of drug-likeness (QED) is 0.275. The number of rotatable bonds is 8. The Morgan fingerprint density at radius 3 is 2.03 bits per heavy atom. The molecular formula is C26H30N3O7+. The molecule has 6 N–H and O–H groups in total. The molecule has 3 aromatic rings. The van der Waals surface area contributed by atoms with Crippen LogP contribution in [0.25, 0.3) is 0 Å². The van der Waals surface area contributed by atoms with E-state index in [1.165, 1.54) is 4.57 Å². The van der Waals surface area contributed by atoms with Gasteiger partial charge in [-0.1, -0.05) is 60.7 Å². The Balaban J connectivity index is 1.67. The van der Waals surface area contributed by atoms with Crippen molar-refractivity contribution < 1.29 is 39.3 Å². The number of aryl methyl sites for hydroxylation is 1. The third kappa shape index (κ3) is 4.40. The van der Waals surface area contributed by atoms with Crippen LogP contribution in [0.2, 0.25) is 0 Å². The van der Waals surface area contributed by atoms with E-state index < -0.39 is 47.9 Å². The molecule has 10 heteroatoms. The Hall–Kier alpha value is -3.57. The van der Waals surface area contributed by atoms with Gasteiger partial charge in [-0.15, -0.1) is 0 Å². The number of aliphatic carboxylic acids is 1. The smallest absolute Gasteiger partial charge is 0.335 e. The van der Waals surface area contributed by atoms with Gasteiger partial charge >= 0.3 is 5.97 Å². The van der Waals surface area contributed by atoms with Crippen molar-refractivity contribution >= 4 is 11.9 Å². The Labute approximate surface area is 207 Å². The van der Waals surface area contributed by atoms with E-state index >= 15 is 0 Å². The molecule has 0 spiro atoms. The minimum atomic E-state index is -1.77. The molecule has 1 saturated heterocycles. The first-order valence-corrected chi connectivity index (χ1v) is 11.6. The number of hydrogen-bond acceptors (Lipinski definition) is 6. The van der Waals surface area contributed by atoms with Gasteiger partial charge in [0.1, 0.15) is 36.1 Å². The number of aliphatic hydroxyl groups excluding tert-OH is 3. The second kappa shape index (κ2) is 10.2. The van der Waals surface area contributed by atoms with E-state index in [2.05, 4.69) is 0 Å². The van der Waals surface area contributed by atoms with Crippen molar-refractivity contribution in [2.24, 2.45) is 5.73 Å². The normalized spacial score (nSPS) is 24.4. The molecule has 36 heavy (non-hydrogen) atoms. The monoisotopic (exact) mass is 496 g/mol. The number of carbonyl (C=O) groups is 2. The van der Waals surface area contributed by atoms with E-state index in [1.807, 2.05) is 65.2 Å². The molecule has 2 heterocycles. The average molecular weight is 497 g/mol. The van der Waals surface area contributed by atoms with E-state index in [1.54, 1.807) is 19.3 Å². The zero-order valence-corrected chi connectivity index (χ0v) is 19.7. The number of amides is 1. The standard InChI is InChI=1S/C26H29N3O7/c1-16-28(14-15-29(16)23-21(32)19(30)20(31)22(36-23)24(33)34)13-12-26(25(27)35,17-8-4-2-5-9-17)18-10-6-3-7-11-18/h2-11,14-15,19-23,30-32H,12-13H2,1H3,(H2-,27,33,34,35)/p+1/t19-,20-,21+,22-,23+/m0/s1. The fourth-order valence-corrected chi connectivity index (χ4v) is 4.91. The summed E-state index contributed by atoms with van der Waals surface area (Å²) in [5.41, 5.74) is 6.44. The maximum Gasteiger partial charge on any atom is 0.335 e. The lowest BCUT2D eigenvalue weighted by molar-refractivity contribution is -0.703. The molecule has 0 saturated carbocycles. The number of nitrogens with zero attached hydrogens (tertiary/aromatic N) is 2. The fourth-order valence-electron chi connectivity index (χ4n) is 4.91. The molecule has 190 valence electrons. The molecule has 2 aromatic carbocycles. The lowest BCUT2D eigenvalue weighted by Crippen LogP contribution is -2.58. The number of aliphatic hydroxyl groups is 3. The molecule has 5 atom stereocenters. The summed E-state index contributed by atoms with van der Waals surface area (Å²) in [6, 6.07) is 18.6. The number of hydrogen-bond donors (Lipinski definition) is 5. The molecule has 1 aliphatic rings. The van der Waals surface area contributed by atoms with Crippen molar-refractivity contribution in [1.82, 2.24) is 4.57 Å². The molecular weight excluding hydrogens is 466 g/mol. The maximum absolute atomic E-state index is 13.0. The van der Waals surface area contributed by atoms with Crippen molar-refractivity contribution in [3.8, 4) is 0 Å². The van der Waals surface area contributed by atoms with Crippen LogP contribution in [-0.2, 0) is 26.3 Å². The van der Waals surface area contributed by atoms with Crippen molar-refractivity contribution in [3.63, 3.8) is 0 Å². The van der Waals surface area contributed by atoms with Crippen molar-refractivity contribution in [2.45, 2.75) is 55.9 Å². The van der Waals surface area contributed by atoms with Gasteiger partial charge in [-0.05, 0) is 11.1 Å². The van der Waals surface area contributed by atoms with E-state index in [0.29, 0.717) is 18.8 Å². The van der Waals surface area contributed by atoms with Crippen LogP contribution < -0.4 is 10.3 Å². The number of aromatic nitrogens is 2. The van der Waals surface area contributed by atoms with Crippen LogP contribution in [-0.4, -0.2) is 61.3 Å². The first-order chi connectivity index (χ1) is 17.2. The number of carboxylic acids is 1. The molecule has 4 rings (SSSR count). The topological polar surface area (TPSA) is 159 Å². The van der Waals surface area contributed by atoms with Crippen LogP contribution in [0.1, 0.15) is 29.6 Å². The highest BCUT2D eigenvalue weighted by molar-refractivity contribution is 5.90. The van der Waals surface area contributed by atoms with E-state index in [-0.39, 0.29) is 0 Å². The zero-order valence-electron chi connectivity index (χ0n) is 19.7. The van der Waals surface area contributed by atoms with Crippen LogP contribution in [0.5, 0.6) is 0 Å². The fraction of sp³-hybridized carbons (Fsp3) is 0.346. The highest BCUT2D eigenvalue weighted by atomic mass is 16.6. The van der Waals surface area contributed by atoms with Crippen molar-refractivity contribution in [1.29, 1.82) is 0 Å². The second-order valence-electron chi connectivity index (χ2n) is 8.95. The summed E-state index contributed by atoms with van der Waals surface area (Å²) in [4.78, 5) is 24.5. The lowest BCUT2D eigenvalue weighted by Gasteiger charge is -2.37. The summed E-state index contributed by atoms with van der Waals surface area (Å²) in [5, 5.41) is 40.1. The molecule has 0 unspecified atom stereocenters. The average Bonchev–Trinajstić information content (AvgIpc) is 3.24. The van der Waals surface area contributed by atoms with Crippen LogP contribution >= 0.6 is 0 Å². The van der Waals surface area contributed by atoms with Crippen LogP contribution in [0.15, 0.2) is 73.1 Å². The van der Waals surface area contributed by atoms with Crippen LogP contribution in [0.3, 0.4) is 0 Å². The van der Waals surface area contributed by atoms with Crippen LogP contribution in [0.4, 0.5) is 0 Å². The second-order valence-corrected chi connectivity index (χ2v) is 8.95. The highest BCUT2D eigenvalue weighted by Gasteiger charge is 2.50. The SMILES string of the molecule is Cc1n([C@@H]2O[C@H](C(=O)O)[C@@H](O)[C@H](O)[C@H]2O)cc[n+]1CCC(C(N)=O)(c1ccccc1)c1ccccc1. The summed E-state index contributed by atoms with van der Waals surface area (Å²) in [7, 11) is 0. The van der Waals surface area contributed by atoms with Gasteiger partial charge in [0.2, 0.25) is 12.1 Å². The summed E-state index contributed by atoms with van der Waals surface area (Å²) < 4.78 is 8.78. The van der Waals surface area contributed by atoms with Gasteiger partial charge in [-0.2, -0.15) is 0 Å². The molecule has 1 aliphatic heterocycles. The number of ether oxygens (including phenoxy) is 1. The Bertz CT molecular complexity index is 1180. The van der Waals surface area contributed by atoms with Gasteiger partial charge in [0.25, 0.3) is 5.82 Å². The number of imidazole rings is 1. The molecule has 1 amide bonds. The van der Waals surface area contributed by atoms with Crippen LogP contribution in [0, 0.1) is 6.92 Å². The van der Waals surface area contributed by atoms with Crippen molar-refractivity contribution in [3.05, 3.63) is 90.0 Å². The molecule has 1 fully saturated rings. The highest BCUT2D eigenvalue weighted by Crippen LogP contribution is 2.36. The molecule has 0 radical (unpaired) electrons. The van der Waals surface area contributed by atoms with Gasteiger partial charge in [0.05, 0.1) is 6.54 Å². The summed E-state index contributed by atoms with van der Waals surface area (Å²) in [5.74, 6) is -1.37. The van der Waals surface area contributed by atoms with Gasteiger partial charge in [-0.3, -0.25) is 4.79 Å². The van der Waals surface area contributed by atoms with E-state index in [0.717, 1.165) is 11.1 Å². The number of nitrogens with two attached hydrogens (primary N) is 1. The molecule has 1 aromatic heterocycles. The summed E-state index contributed by atoms with van der Waals surface area (Å²) >= 11 is 0. The third-order valence-electron chi connectivity index (χ3n) is 6.98. The van der Waals surface area contributed by atoms with Gasteiger partial charge in [0, 0.05) is 13.3 Å². The predicted molar refractivity (Wildman–Crippen MR) is 126 cm³/mol. The number of carbonyl (C=O) groups excluding carboxylic acids is 1.